The van der Waals surface area contributed by atoms with Crippen LogP contribution >= 0.6 is 0 Å². The summed E-state index contributed by atoms with van der Waals surface area (Å²) in [6.07, 6.45) is 4.05. The fourth-order valence-corrected chi connectivity index (χ4v) is 2.84. The molecule has 122 valence electrons. The van der Waals surface area contributed by atoms with E-state index >= 15 is 0 Å². The molecule has 7 heteroatoms. The summed E-state index contributed by atoms with van der Waals surface area (Å²) < 4.78 is 6.60. The molecular weight excluding hydrogens is 306 g/mol. The Morgan fingerprint density at radius 1 is 1.12 bits per heavy atom. The first kappa shape index (κ1) is 14.6. The van der Waals surface area contributed by atoms with E-state index in [9.17, 15) is 4.79 Å². The van der Waals surface area contributed by atoms with Gasteiger partial charge in [0.05, 0.1) is 11.9 Å². The molecule has 7 nitrogen and oxygen atoms in total. The lowest BCUT2D eigenvalue weighted by Gasteiger charge is -2.16. The smallest absolute Gasteiger partial charge is 0.269 e. The molecular formula is C17H17N5O2. The first-order chi connectivity index (χ1) is 11.8. The molecule has 3 heterocycles. The minimum atomic E-state index is -0.162. The van der Waals surface area contributed by atoms with Crippen LogP contribution < -0.4 is 10.5 Å². The molecule has 0 spiro atoms. The molecule has 0 radical (unpaired) electrons. The van der Waals surface area contributed by atoms with Gasteiger partial charge in [0.25, 0.3) is 11.4 Å². The van der Waals surface area contributed by atoms with E-state index in [0.717, 1.165) is 37.2 Å². The monoisotopic (exact) mass is 323 g/mol. The third kappa shape index (κ3) is 2.92. The van der Waals surface area contributed by atoms with E-state index in [-0.39, 0.29) is 12.1 Å². The highest BCUT2D eigenvalue weighted by molar-refractivity contribution is 5.52. The fourth-order valence-electron chi connectivity index (χ4n) is 2.84. The molecule has 0 atom stereocenters. The number of hydrogen-bond donors (Lipinski definition) is 0. The molecule has 0 saturated carbocycles. The fraction of sp³-hybridized carbons (Fsp3) is 0.294. The highest BCUT2D eigenvalue weighted by atomic mass is 16.5. The number of rotatable bonds is 4. The Bertz CT molecular complexity index is 881. The number of benzene rings is 1. The summed E-state index contributed by atoms with van der Waals surface area (Å²) in [6, 6.07) is 11.1. The summed E-state index contributed by atoms with van der Waals surface area (Å²) in [4.78, 5) is 18.8. The van der Waals surface area contributed by atoms with E-state index in [1.54, 1.807) is 12.3 Å². The van der Waals surface area contributed by atoms with Crippen LogP contribution in [-0.2, 0) is 6.54 Å². The van der Waals surface area contributed by atoms with Gasteiger partial charge in [-0.25, -0.2) is 4.68 Å². The van der Waals surface area contributed by atoms with Crippen molar-refractivity contribution in [3.63, 3.8) is 0 Å². The first-order valence-electron chi connectivity index (χ1n) is 8.00. The molecule has 2 aromatic heterocycles. The van der Waals surface area contributed by atoms with Crippen molar-refractivity contribution in [3.8, 4) is 11.5 Å². The summed E-state index contributed by atoms with van der Waals surface area (Å²) in [5.74, 6) is 0.865. The zero-order valence-electron chi connectivity index (χ0n) is 13.1. The van der Waals surface area contributed by atoms with Gasteiger partial charge in [-0.1, -0.05) is 23.4 Å². The van der Waals surface area contributed by atoms with Crippen LogP contribution in [0.1, 0.15) is 18.7 Å². The van der Waals surface area contributed by atoms with Crippen LogP contribution in [-0.4, -0.2) is 33.0 Å². The Morgan fingerprint density at radius 3 is 2.67 bits per heavy atom. The van der Waals surface area contributed by atoms with Crippen LogP contribution in [0.3, 0.4) is 0 Å². The van der Waals surface area contributed by atoms with Crippen molar-refractivity contribution in [2.24, 2.45) is 0 Å². The molecule has 4 rings (SSSR count). The maximum Gasteiger partial charge on any atom is 0.269 e. The van der Waals surface area contributed by atoms with Crippen molar-refractivity contribution in [2.45, 2.75) is 19.4 Å². The minimum Gasteiger partial charge on any atom is -0.370 e. The van der Waals surface area contributed by atoms with Crippen LogP contribution in [0.25, 0.3) is 11.5 Å². The molecule has 0 N–H and O–H groups in total. The highest BCUT2D eigenvalue weighted by Crippen LogP contribution is 2.18. The van der Waals surface area contributed by atoms with Gasteiger partial charge in [-0.2, -0.15) is 10.1 Å². The topological polar surface area (TPSA) is 77.0 Å². The molecule has 0 aliphatic carbocycles. The maximum absolute atomic E-state index is 12.3. The van der Waals surface area contributed by atoms with Gasteiger partial charge in [0.2, 0.25) is 0 Å². The molecule has 1 aromatic carbocycles. The van der Waals surface area contributed by atoms with Crippen LogP contribution in [0.15, 0.2) is 51.9 Å². The Balaban J connectivity index is 1.53. The second kappa shape index (κ2) is 6.27. The number of nitrogens with zero attached hydrogens (tertiary/aromatic N) is 5. The number of aromatic nitrogens is 4. The van der Waals surface area contributed by atoms with Crippen molar-refractivity contribution >= 4 is 5.69 Å². The normalized spacial score (nSPS) is 14.2. The molecule has 1 fully saturated rings. The second-order valence-electron chi connectivity index (χ2n) is 5.79. The van der Waals surface area contributed by atoms with E-state index in [2.05, 4.69) is 20.1 Å². The lowest BCUT2D eigenvalue weighted by atomic mass is 10.2. The summed E-state index contributed by atoms with van der Waals surface area (Å²) in [7, 11) is 0. The molecule has 1 aliphatic rings. The predicted molar refractivity (Wildman–Crippen MR) is 88.8 cm³/mol. The van der Waals surface area contributed by atoms with Gasteiger partial charge >= 0.3 is 0 Å². The Labute approximate surface area is 138 Å². The van der Waals surface area contributed by atoms with Gasteiger partial charge in [-0.05, 0) is 25.0 Å². The zero-order valence-corrected chi connectivity index (χ0v) is 13.1. The lowest BCUT2D eigenvalue weighted by molar-refractivity contribution is 0.417. The largest absolute Gasteiger partial charge is 0.370 e. The Kier molecular flexibility index (Phi) is 3.82. The van der Waals surface area contributed by atoms with Crippen LogP contribution in [0, 0.1) is 0 Å². The molecule has 1 saturated heterocycles. The summed E-state index contributed by atoms with van der Waals surface area (Å²) >= 11 is 0. The average Bonchev–Trinajstić information content (AvgIpc) is 3.29. The van der Waals surface area contributed by atoms with E-state index in [1.165, 1.54) is 4.68 Å². The summed E-state index contributed by atoms with van der Waals surface area (Å²) in [5, 5.41) is 8.17. The SMILES string of the molecule is O=c1cc(N2CCCC2)cnn1Cc1noc(-c2ccccc2)n1. The third-order valence-corrected chi connectivity index (χ3v) is 4.11. The van der Waals surface area contributed by atoms with Crippen molar-refractivity contribution in [3.05, 3.63) is 58.8 Å². The van der Waals surface area contributed by atoms with Crippen LogP contribution in [0.2, 0.25) is 0 Å². The lowest BCUT2D eigenvalue weighted by Crippen LogP contribution is -2.26. The van der Waals surface area contributed by atoms with Crippen molar-refractivity contribution in [1.29, 1.82) is 0 Å². The standard InChI is InChI=1S/C17H17N5O2/c23-16-10-14(21-8-4-5-9-21)11-18-22(16)12-15-19-17(24-20-15)13-6-2-1-3-7-13/h1-3,6-7,10-11H,4-5,8-9,12H2. The van der Waals surface area contributed by atoms with Gasteiger partial charge in [0.1, 0.15) is 6.54 Å². The van der Waals surface area contributed by atoms with E-state index in [0.29, 0.717) is 11.7 Å². The summed E-state index contributed by atoms with van der Waals surface area (Å²) in [5.41, 5.74) is 1.57. The number of hydrogen-bond acceptors (Lipinski definition) is 6. The molecule has 1 aliphatic heterocycles. The summed E-state index contributed by atoms with van der Waals surface area (Å²) in [6.45, 7) is 2.16. The molecule has 3 aromatic rings. The van der Waals surface area contributed by atoms with Crippen molar-refractivity contribution < 1.29 is 4.52 Å². The number of anilines is 1. The van der Waals surface area contributed by atoms with E-state index in [4.69, 9.17) is 4.52 Å². The van der Waals surface area contributed by atoms with Crippen LogP contribution in [0.4, 0.5) is 5.69 Å². The Morgan fingerprint density at radius 2 is 1.92 bits per heavy atom. The molecule has 24 heavy (non-hydrogen) atoms. The predicted octanol–water partition coefficient (Wildman–Crippen LogP) is 1.94. The van der Waals surface area contributed by atoms with Crippen molar-refractivity contribution in [2.75, 3.05) is 18.0 Å². The quantitative estimate of drug-likeness (QED) is 0.730. The third-order valence-electron chi connectivity index (χ3n) is 4.11. The van der Waals surface area contributed by atoms with Gasteiger partial charge < -0.3 is 9.42 Å². The molecule has 0 amide bonds. The first-order valence-corrected chi connectivity index (χ1v) is 8.00. The van der Waals surface area contributed by atoms with Gasteiger partial charge in [-0.15, -0.1) is 0 Å². The highest BCUT2D eigenvalue weighted by Gasteiger charge is 2.15. The van der Waals surface area contributed by atoms with Crippen LogP contribution in [0.5, 0.6) is 0 Å². The molecule has 0 unspecified atom stereocenters. The van der Waals surface area contributed by atoms with Crippen molar-refractivity contribution in [1.82, 2.24) is 19.9 Å². The maximum atomic E-state index is 12.3. The average molecular weight is 323 g/mol. The minimum absolute atomic E-state index is 0.162. The second-order valence-corrected chi connectivity index (χ2v) is 5.79. The Hall–Kier alpha value is -2.96. The zero-order chi connectivity index (χ0) is 16.4. The van der Waals surface area contributed by atoms with Gasteiger partial charge in [0.15, 0.2) is 5.82 Å². The van der Waals surface area contributed by atoms with Gasteiger partial charge in [-0.3, -0.25) is 4.79 Å². The van der Waals surface area contributed by atoms with E-state index in [1.807, 2.05) is 30.3 Å². The van der Waals surface area contributed by atoms with Gasteiger partial charge in [0, 0.05) is 24.7 Å². The molecule has 0 bridgehead atoms. The van der Waals surface area contributed by atoms with E-state index < -0.39 is 0 Å².